The highest BCUT2D eigenvalue weighted by atomic mass is 35.5. The Balaban J connectivity index is 1.59. The third kappa shape index (κ3) is 5.66. The molecule has 1 aromatic carbocycles. The summed E-state index contributed by atoms with van der Waals surface area (Å²) in [5, 5.41) is 14.7. The van der Waals surface area contributed by atoms with Gasteiger partial charge in [-0.2, -0.15) is 0 Å². The first kappa shape index (κ1) is 21.5. The van der Waals surface area contributed by atoms with Gasteiger partial charge in [-0.1, -0.05) is 11.6 Å². The molecule has 7 nitrogen and oxygen atoms in total. The number of nitrogens with one attached hydrogen (secondary N) is 2. The number of benzene rings is 1. The summed E-state index contributed by atoms with van der Waals surface area (Å²) in [6.07, 6.45) is 0. The van der Waals surface area contributed by atoms with E-state index in [-0.39, 0.29) is 22.0 Å². The third-order valence-corrected chi connectivity index (χ3v) is 5.94. The van der Waals surface area contributed by atoms with Crippen LogP contribution in [0.4, 0.5) is 10.1 Å². The van der Waals surface area contributed by atoms with E-state index < -0.39 is 17.5 Å². The van der Waals surface area contributed by atoms with Crippen molar-refractivity contribution >= 4 is 40.4 Å². The van der Waals surface area contributed by atoms with E-state index in [0.29, 0.717) is 10.9 Å². The Morgan fingerprint density at radius 1 is 1.21 bits per heavy atom. The number of rotatable bonds is 6. The molecule has 1 aliphatic heterocycles. The lowest BCUT2D eigenvalue weighted by molar-refractivity contribution is 0.0946. The Bertz CT molecular complexity index is 900. The smallest absolute Gasteiger partial charge is 0.263 e. The molecule has 29 heavy (non-hydrogen) atoms. The first-order valence-corrected chi connectivity index (χ1v) is 10.3. The number of likely N-dealkylation sites (N-methyl/N-ethyl adjacent to an activating group) is 1. The quantitative estimate of drug-likeness (QED) is 0.642. The van der Waals surface area contributed by atoms with Crippen molar-refractivity contribution in [2.75, 3.05) is 51.6 Å². The Morgan fingerprint density at radius 2 is 1.93 bits per heavy atom. The molecule has 1 aliphatic rings. The average Bonchev–Trinajstić information content (AvgIpc) is 3.05. The highest BCUT2D eigenvalue weighted by molar-refractivity contribution is 7.18. The minimum Gasteiger partial charge on any atom is -0.505 e. The topological polar surface area (TPSA) is 84.9 Å². The summed E-state index contributed by atoms with van der Waals surface area (Å²) >= 11 is 7.09. The number of phenols is 1. The number of carbonyl (C=O) groups is 2. The van der Waals surface area contributed by atoms with E-state index >= 15 is 0 Å². The van der Waals surface area contributed by atoms with E-state index in [1.807, 2.05) is 0 Å². The van der Waals surface area contributed by atoms with Gasteiger partial charge in [-0.25, -0.2) is 4.39 Å². The second kappa shape index (κ2) is 9.53. The zero-order chi connectivity index (χ0) is 21.0. The van der Waals surface area contributed by atoms with Gasteiger partial charge >= 0.3 is 0 Å². The lowest BCUT2D eigenvalue weighted by Crippen LogP contribution is -2.46. The maximum atomic E-state index is 13.5. The van der Waals surface area contributed by atoms with Crippen molar-refractivity contribution in [2.24, 2.45) is 0 Å². The molecule has 0 aliphatic carbocycles. The fourth-order valence-corrected chi connectivity index (χ4v) is 4.04. The van der Waals surface area contributed by atoms with Crippen LogP contribution in [0.2, 0.25) is 4.34 Å². The standard InChI is InChI=1S/C19H22ClFN4O3S/c1-24-6-8-25(9-7-24)5-4-22-19(28)17-14(11-16(20)29-17)23-18(27)12-2-3-15(26)13(21)10-12/h2-3,10-11,26H,4-9H2,1H3,(H,22,28)(H,23,27). The van der Waals surface area contributed by atoms with Crippen LogP contribution in [0, 0.1) is 5.82 Å². The number of anilines is 1. The molecule has 3 rings (SSSR count). The third-order valence-electron chi connectivity index (χ3n) is 4.68. The summed E-state index contributed by atoms with van der Waals surface area (Å²) in [5.41, 5.74) is 0.277. The fourth-order valence-electron chi connectivity index (χ4n) is 2.94. The molecule has 3 N–H and O–H groups in total. The van der Waals surface area contributed by atoms with E-state index in [4.69, 9.17) is 11.6 Å². The number of nitrogens with zero attached hydrogens (tertiary/aromatic N) is 2. The highest BCUT2D eigenvalue weighted by Crippen LogP contribution is 2.31. The van der Waals surface area contributed by atoms with E-state index in [9.17, 15) is 19.1 Å². The number of hydrogen-bond donors (Lipinski definition) is 3. The zero-order valence-electron chi connectivity index (χ0n) is 15.9. The van der Waals surface area contributed by atoms with Crippen LogP contribution < -0.4 is 10.6 Å². The number of carbonyl (C=O) groups excluding carboxylic acids is 2. The van der Waals surface area contributed by atoms with Crippen molar-refractivity contribution in [2.45, 2.75) is 0 Å². The zero-order valence-corrected chi connectivity index (χ0v) is 17.4. The average molecular weight is 441 g/mol. The Kier molecular flexibility index (Phi) is 7.07. The number of piperazine rings is 1. The van der Waals surface area contributed by atoms with Crippen LogP contribution in [0.5, 0.6) is 5.75 Å². The summed E-state index contributed by atoms with van der Waals surface area (Å²) < 4.78 is 13.8. The van der Waals surface area contributed by atoms with E-state index in [1.54, 1.807) is 0 Å². The van der Waals surface area contributed by atoms with Crippen LogP contribution in [0.25, 0.3) is 0 Å². The van der Waals surface area contributed by atoms with Gasteiger partial charge in [-0.3, -0.25) is 14.5 Å². The van der Waals surface area contributed by atoms with Crippen LogP contribution in [0.3, 0.4) is 0 Å². The van der Waals surface area contributed by atoms with Gasteiger partial charge in [-0.15, -0.1) is 11.3 Å². The summed E-state index contributed by atoms with van der Waals surface area (Å²) in [6, 6.07) is 4.79. The SMILES string of the molecule is CN1CCN(CCNC(=O)c2sc(Cl)cc2NC(=O)c2ccc(O)c(F)c2)CC1. The van der Waals surface area contributed by atoms with E-state index in [1.165, 1.54) is 12.1 Å². The Hall–Kier alpha value is -2.20. The molecule has 2 heterocycles. The molecule has 10 heteroatoms. The van der Waals surface area contributed by atoms with Gasteiger partial charge < -0.3 is 20.6 Å². The second-order valence-corrected chi connectivity index (χ2v) is 8.50. The van der Waals surface area contributed by atoms with Gasteiger partial charge in [0.15, 0.2) is 11.6 Å². The van der Waals surface area contributed by atoms with Crippen LogP contribution in [-0.4, -0.2) is 73.0 Å². The largest absolute Gasteiger partial charge is 0.505 e. The number of halogens is 2. The summed E-state index contributed by atoms with van der Waals surface area (Å²) in [7, 11) is 2.09. The lowest BCUT2D eigenvalue weighted by atomic mass is 10.2. The van der Waals surface area contributed by atoms with Crippen molar-refractivity contribution in [1.82, 2.24) is 15.1 Å². The fraction of sp³-hybridized carbons (Fsp3) is 0.368. The molecule has 0 saturated carbocycles. The summed E-state index contributed by atoms with van der Waals surface area (Å²) in [6.45, 7) is 5.15. The van der Waals surface area contributed by atoms with Crippen molar-refractivity contribution in [3.8, 4) is 5.75 Å². The van der Waals surface area contributed by atoms with Gasteiger partial charge in [0.2, 0.25) is 0 Å². The molecule has 0 atom stereocenters. The predicted octanol–water partition coefficient (Wildman–Crippen LogP) is 2.48. The van der Waals surface area contributed by atoms with Gasteiger partial charge in [-0.05, 0) is 31.3 Å². The maximum Gasteiger partial charge on any atom is 0.263 e. The molecule has 1 saturated heterocycles. The Morgan fingerprint density at radius 3 is 2.62 bits per heavy atom. The molecule has 1 fully saturated rings. The molecule has 2 aromatic rings. The number of amides is 2. The minimum atomic E-state index is -0.900. The molecular formula is C19H22ClFN4O3S. The minimum absolute atomic E-state index is 0.0176. The number of phenolic OH excluding ortho intramolecular Hbond substituents is 1. The molecule has 2 amide bonds. The monoisotopic (exact) mass is 440 g/mol. The lowest BCUT2D eigenvalue weighted by Gasteiger charge is -2.32. The first-order chi connectivity index (χ1) is 13.8. The van der Waals surface area contributed by atoms with E-state index in [2.05, 4.69) is 27.5 Å². The molecular weight excluding hydrogens is 419 g/mol. The van der Waals surface area contributed by atoms with Crippen molar-refractivity contribution < 1.29 is 19.1 Å². The van der Waals surface area contributed by atoms with Crippen molar-refractivity contribution in [3.63, 3.8) is 0 Å². The van der Waals surface area contributed by atoms with Crippen LogP contribution in [0.1, 0.15) is 20.0 Å². The molecule has 0 radical (unpaired) electrons. The summed E-state index contributed by atoms with van der Waals surface area (Å²) in [4.78, 5) is 29.7. The molecule has 156 valence electrons. The van der Waals surface area contributed by atoms with Crippen LogP contribution in [0.15, 0.2) is 24.3 Å². The number of hydrogen-bond acceptors (Lipinski definition) is 6. The molecule has 0 spiro atoms. The normalized spacial score (nSPS) is 15.3. The maximum absolute atomic E-state index is 13.5. The van der Waals surface area contributed by atoms with E-state index in [0.717, 1.165) is 56.2 Å². The highest BCUT2D eigenvalue weighted by Gasteiger charge is 2.20. The van der Waals surface area contributed by atoms with Gasteiger partial charge in [0, 0.05) is 44.8 Å². The number of thiophene rings is 1. The molecule has 1 aromatic heterocycles. The van der Waals surface area contributed by atoms with Crippen molar-refractivity contribution in [3.05, 3.63) is 44.9 Å². The number of aromatic hydroxyl groups is 1. The van der Waals surface area contributed by atoms with Crippen LogP contribution >= 0.6 is 22.9 Å². The Labute approximate surface area is 177 Å². The van der Waals surface area contributed by atoms with Gasteiger partial charge in [0.05, 0.1) is 10.0 Å². The second-order valence-electron chi connectivity index (χ2n) is 6.81. The predicted molar refractivity (Wildman–Crippen MR) is 112 cm³/mol. The van der Waals surface area contributed by atoms with Gasteiger partial charge in [0.1, 0.15) is 4.88 Å². The first-order valence-electron chi connectivity index (χ1n) is 9.12. The van der Waals surface area contributed by atoms with Crippen molar-refractivity contribution in [1.29, 1.82) is 0 Å². The van der Waals surface area contributed by atoms with Crippen LogP contribution in [-0.2, 0) is 0 Å². The molecule has 0 bridgehead atoms. The van der Waals surface area contributed by atoms with Gasteiger partial charge in [0.25, 0.3) is 11.8 Å². The summed E-state index contributed by atoms with van der Waals surface area (Å²) in [5.74, 6) is -2.38. The molecule has 0 unspecified atom stereocenters.